The summed E-state index contributed by atoms with van der Waals surface area (Å²) >= 11 is 1.34. The highest BCUT2D eigenvalue weighted by Crippen LogP contribution is 2.24. The summed E-state index contributed by atoms with van der Waals surface area (Å²) in [7, 11) is 1.71. The van der Waals surface area contributed by atoms with Crippen LogP contribution in [-0.2, 0) is 11.3 Å². The Balaban J connectivity index is 0.00000480. The zero-order valence-electron chi connectivity index (χ0n) is 18.7. The van der Waals surface area contributed by atoms with Crippen molar-refractivity contribution < 1.29 is 14.3 Å². The Hall–Kier alpha value is -1.95. The number of hydrogen-bond acceptors (Lipinski definition) is 7. The number of nitrogens with zero attached hydrogens (tertiary/aromatic N) is 3. The molecular weight excluding hydrogens is 529 g/mol. The van der Waals surface area contributed by atoms with Crippen molar-refractivity contribution in [1.29, 1.82) is 0 Å². The fourth-order valence-corrected chi connectivity index (χ4v) is 3.59. The smallest absolute Gasteiger partial charge is 0.350 e. The van der Waals surface area contributed by atoms with Crippen LogP contribution >= 0.6 is 35.3 Å². The number of nitrogens with one attached hydrogen (secondary N) is 2. The molecule has 2 N–H and O–H groups in total. The van der Waals surface area contributed by atoms with Crippen LogP contribution in [0.1, 0.15) is 65.6 Å². The van der Waals surface area contributed by atoms with Gasteiger partial charge in [-0.3, -0.25) is 4.99 Å². The summed E-state index contributed by atoms with van der Waals surface area (Å²) in [5, 5.41) is 7.39. The third-order valence-electron chi connectivity index (χ3n) is 4.25. The van der Waals surface area contributed by atoms with Crippen LogP contribution in [0.5, 0.6) is 5.88 Å². The van der Waals surface area contributed by atoms with Crippen LogP contribution < -0.4 is 15.4 Å². The van der Waals surface area contributed by atoms with Crippen LogP contribution in [0.3, 0.4) is 0 Å². The van der Waals surface area contributed by atoms with Gasteiger partial charge < -0.3 is 20.1 Å². The second-order valence-electron chi connectivity index (χ2n) is 6.65. The molecule has 1 atom stereocenters. The van der Waals surface area contributed by atoms with E-state index in [2.05, 4.69) is 32.5 Å². The Morgan fingerprint density at radius 1 is 1.35 bits per heavy atom. The summed E-state index contributed by atoms with van der Waals surface area (Å²) < 4.78 is 10.9. The number of rotatable bonds is 10. The summed E-state index contributed by atoms with van der Waals surface area (Å²) in [5.41, 5.74) is 1.63. The van der Waals surface area contributed by atoms with Crippen LogP contribution in [0.4, 0.5) is 0 Å². The minimum Gasteiger partial charge on any atom is -0.477 e. The maximum absolute atomic E-state index is 12.0. The first-order valence-electron chi connectivity index (χ1n) is 10.2. The van der Waals surface area contributed by atoms with E-state index >= 15 is 0 Å². The normalized spacial score (nSPS) is 12.0. The quantitative estimate of drug-likeness (QED) is 0.147. The van der Waals surface area contributed by atoms with Gasteiger partial charge in [0.25, 0.3) is 0 Å². The number of halogens is 1. The van der Waals surface area contributed by atoms with Crippen molar-refractivity contribution in [3.05, 3.63) is 39.5 Å². The molecule has 31 heavy (non-hydrogen) atoms. The number of ether oxygens (including phenoxy) is 2. The monoisotopic (exact) mass is 561 g/mol. The van der Waals surface area contributed by atoms with Crippen molar-refractivity contribution in [2.45, 2.75) is 53.1 Å². The molecule has 2 heterocycles. The maximum Gasteiger partial charge on any atom is 0.350 e. The SMILES string of the molecule is CCCCOc1ncccc1CNC(=NC)NC(C)c1nc(C)c(C(=O)OCC)s1.I. The van der Waals surface area contributed by atoms with E-state index in [1.807, 2.05) is 26.0 Å². The fourth-order valence-electron chi connectivity index (χ4n) is 2.63. The molecule has 2 aromatic heterocycles. The summed E-state index contributed by atoms with van der Waals surface area (Å²) in [6, 6.07) is 3.74. The molecule has 0 saturated carbocycles. The van der Waals surface area contributed by atoms with Crippen LogP contribution in [0.15, 0.2) is 23.3 Å². The average molecular weight is 561 g/mol. The zero-order chi connectivity index (χ0) is 21.9. The lowest BCUT2D eigenvalue weighted by molar-refractivity contribution is 0.0531. The molecule has 0 aliphatic rings. The maximum atomic E-state index is 12.0. The molecule has 0 aromatic carbocycles. The lowest BCUT2D eigenvalue weighted by Crippen LogP contribution is -2.38. The molecule has 0 radical (unpaired) electrons. The molecule has 8 nitrogen and oxygen atoms in total. The molecule has 0 amide bonds. The zero-order valence-corrected chi connectivity index (χ0v) is 21.9. The second kappa shape index (κ2) is 14.2. The van der Waals surface area contributed by atoms with Gasteiger partial charge in [0.2, 0.25) is 5.88 Å². The molecule has 0 spiro atoms. The highest BCUT2D eigenvalue weighted by atomic mass is 127. The van der Waals surface area contributed by atoms with Gasteiger partial charge in [0, 0.05) is 25.4 Å². The van der Waals surface area contributed by atoms with Gasteiger partial charge in [-0.05, 0) is 33.3 Å². The number of unbranched alkanes of at least 4 members (excludes halogenated alkanes) is 1. The first-order valence-corrected chi connectivity index (χ1v) is 11.0. The summed E-state index contributed by atoms with van der Waals surface area (Å²) in [4.78, 5) is 25.7. The summed E-state index contributed by atoms with van der Waals surface area (Å²) in [5.74, 6) is 0.925. The van der Waals surface area contributed by atoms with Gasteiger partial charge in [-0.2, -0.15) is 0 Å². The molecule has 2 aromatic rings. The molecule has 0 saturated heterocycles. The number of guanidine groups is 1. The van der Waals surface area contributed by atoms with Crippen LogP contribution in [0.2, 0.25) is 0 Å². The van der Waals surface area contributed by atoms with E-state index in [0.717, 1.165) is 23.4 Å². The van der Waals surface area contributed by atoms with E-state index in [4.69, 9.17) is 9.47 Å². The number of esters is 1. The lowest BCUT2D eigenvalue weighted by atomic mass is 10.2. The Bertz CT molecular complexity index is 859. The van der Waals surface area contributed by atoms with E-state index in [9.17, 15) is 4.79 Å². The Morgan fingerprint density at radius 2 is 2.13 bits per heavy atom. The molecule has 1 unspecified atom stereocenters. The van der Waals surface area contributed by atoms with E-state index in [0.29, 0.717) is 42.2 Å². The lowest BCUT2D eigenvalue weighted by Gasteiger charge is -2.17. The van der Waals surface area contributed by atoms with Gasteiger partial charge in [0.1, 0.15) is 9.88 Å². The van der Waals surface area contributed by atoms with Crippen molar-refractivity contribution in [1.82, 2.24) is 20.6 Å². The third kappa shape index (κ3) is 8.24. The number of aromatic nitrogens is 2. The average Bonchev–Trinajstić information content (AvgIpc) is 3.14. The standard InChI is InChI=1S/C21H31N5O3S.HI/c1-6-8-12-29-18-16(10-9-11-23-18)13-24-21(22-5)26-15(4)19-25-14(3)17(30-19)20(27)28-7-2;/h9-11,15H,6-8,12-13H2,1-5H3,(H2,22,24,26);1H. The van der Waals surface area contributed by atoms with Crippen molar-refractivity contribution in [3.63, 3.8) is 0 Å². The van der Waals surface area contributed by atoms with Crippen LogP contribution in [0, 0.1) is 6.92 Å². The number of hydrogen-bond donors (Lipinski definition) is 2. The number of thiazole rings is 1. The van der Waals surface area contributed by atoms with Crippen molar-refractivity contribution in [3.8, 4) is 5.88 Å². The molecule has 172 valence electrons. The topological polar surface area (TPSA) is 97.7 Å². The fraction of sp³-hybridized carbons (Fsp3) is 0.524. The molecule has 0 aliphatic carbocycles. The van der Waals surface area contributed by atoms with Gasteiger partial charge in [0.05, 0.1) is 24.9 Å². The minimum atomic E-state index is -0.333. The number of carbonyl (C=O) groups excluding carboxylic acids is 1. The highest BCUT2D eigenvalue weighted by Gasteiger charge is 2.20. The summed E-state index contributed by atoms with van der Waals surface area (Å²) in [6.45, 7) is 9.22. The Labute approximate surface area is 205 Å². The van der Waals surface area contributed by atoms with E-state index in [-0.39, 0.29) is 36.0 Å². The van der Waals surface area contributed by atoms with Gasteiger partial charge >= 0.3 is 5.97 Å². The summed E-state index contributed by atoms with van der Waals surface area (Å²) in [6.07, 6.45) is 3.79. The first-order chi connectivity index (χ1) is 14.5. The highest BCUT2D eigenvalue weighted by molar-refractivity contribution is 14.0. The van der Waals surface area contributed by atoms with Crippen LogP contribution in [0.25, 0.3) is 0 Å². The van der Waals surface area contributed by atoms with Crippen molar-refractivity contribution in [2.24, 2.45) is 4.99 Å². The predicted octanol–water partition coefficient (Wildman–Crippen LogP) is 4.25. The van der Waals surface area contributed by atoms with E-state index in [1.54, 1.807) is 20.2 Å². The van der Waals surface area contributed by atoms with Gasteiger partial charge in [0.15, 0.2) is 5.96 Å². The molecule has 10 heteroatoms. The van der Waals surface area contributed by atoms with Crippen molar-refractivity contribution >= 4 is 47.2 Å². The Morgan fingerprint density at radius 3 is 2.81 bits per heavy atom. The number of pyridine rings is 1. The minimum absolute atomic E-state index is 0. The third-order valence-corrected chi connectivity index (χ3v) is 5.57. The molecule has 2 rings (SSSR count). The molecular formula is C21H32IN5O3S. The molecule has 0 fully saturated rings. The first kappa shape index (κ1) is 27.1. The second-order valence-corrected chi connectivity index (χ2v) is 7.68. The van der Waals surface area contributed by atoms with E-state index < -0.39 is 0 Å². The molecule has 0 bridgehead atoms. The number of carbonyl (C=O) groups is 1. The van der Waals surface area contributed by atoms with Crippen molar-refractivity contribution in [2.75, 3.05) is 20.3 Å². The Kier molecular flexibility index (Phi) is 12.4. The van der Waals surface area contributed by atoms with E-state index in [1.165, 1.54) is 11.3 Å². The largest absolute Gasteiger partial charge is 0.477 e. The molecule has 0 aliphatic heterocycles. The van der Waals surface area contributed by atoms with Crippen LogP contribution in [-0.4, -0.2) is 42.2 Å². The van der Waals surface area contributed by atoms with Gasteiger partial charge in [-0.25, -0.2) is 14.8 Å². The van der Waals surface area contributed by atoms with Gasteiger partial charge in [-0.1, -0.05) is 19.4 Å². The number of aryl methyl sites for hydroxylation is 1. The predicted molar refractivity (Wildman–Crippen MR) is 135 cm³/mol. The number of aliphatic imine (C=N–C) groups is 1. The van der Waals surface area contributed by atoms with Gasteiger partial charge in [-0.15, -0.1) is 35.3 Å².